The van der Waals surface area contributed by atoms with Crippen LogP contribution in [0.5, 0.6) is 11.5 Å². The zero-order chi connectivity index (χ0) is 14.7. The number of hydrogen-bond acceptors (Lipinski definition) is 3. The van der Waals surface area contributed by atoms with E-state index in [1.54, 1.807) is 24.3 Å². The Hall–Kier alpha value is -2.00. The third kappa shape index (κ3) is 3.11. The number of hydrogen-bond donors (Lipinski definition) is 0. The molecule has 0 N–H and O–H groups in total. The van der Waals surface area contributed by atoms with Crippen molar-refractivity contribution < 1.29 is 14.3 Å². The summed E-state index contributed by atoms with van der Waals surface area (Å²) in [4.78, 5) is 11.5. The van der Waals surface area contributed by atoms with E-state index in [-0.39, 0.29) is 5.97 Å². The number of carbonyl (C=O) groups excluding carboxylic acids is 1. The first-order valence-corrected chi connectivity index (χ1v) is 6.52. The molecule has 0 heterocycles. The van der Waals surface area contributed by atoms with Gasteiger partial charge in [-0.25, -0.2) is 4.79 Å². The second kappa shape index (κ2) is 5.97. The van der Waals surface area contributed by atoms with Crippen LogP contribution in [-0.4, -0.2) is 13.1 Å². The van der Waals surface area contributed by atoms with Crippen molar-refractivity contribution in [3.8, 4) is 11.5 Å². The number of methoxy groups -OCH3 is 1. The number of rotatable bonds is 3. The normalized spacial score (nSPS) is 10.2. The molecule has 4 heteroatoms. The lowest BCUT2D eigenvalue weighted by Crippen LogP contribution is -2.00. The van der Waals surface area contributed by atoms with Crippen molar-refractivity contribution in [2.24, 2.45) is 0 Å². The predicted molar refractivity (Wildman–Crippen MR) is 78.8 cm³/mol. The van der Waals surface area contributed by atoms with Gasteiger partial charge in [-0.1, -0.05) is 17.7 Å². The zero-order valence-corrected chi connectivity index (χ0v) is 12.3. The smallest absolute Gasteiger partial charge is 0.337 e. The molecular formula is C16H15ClO3. The van der Waals surface area contributed by atoms with E-state index in [1.165, 1.54) is 7.11 Å². The lowest BCUT2D eigenvalue weighted by atomic mass is 10.1. The van der Waals surface area contributed by atoms with E-state index in [0.717, 1.165) is 16.1 Å². The Labute approximate surface area is 123 Å². The third-order valence-corrected chi connectivity index (χ3v) is 3.50. The molecular weight excluding hydrogens is 276 g/mol. The van der Waals surface area contributed by atoms with E-state index in [9.17, 15) is 4.79 Å². The fraction of sp³-hybridized carbons (Fsp3) is 0.188. The highest BCUT2D eigenvalue weighted by atomic mass is 35.5. The molecule has 2 rings (SSSR count). The van der Waals surface area contributed by atoms with Gasteiger partial charge in [0.2, 0.25) is 0 Å². The summed E-state index contributed by atoms with van der Waals surface area (Å²) in [5.41, 5.74) is 2.35. The summed E-state index contributed by atoms with van der Waals surface area (Å²) in [5.74, 6) is 0.874. The minimum absolute atomic E-state index is 0.390. The molecule has 0 amide bonds. The first kappa shape index (κ1) is 14.4. The molecule has 0 aromatic heterocycles. The first-order chi connectivity index (χ1) is 9.51. The van der Waals surface area contributed by atoms with E-state index in [0.29, 0.717) is 17.1 Å². The second-order valence-corrected chi connectivity index (χ2v) is 4.87. The van der Waals surface area contributed by atoms with Crippen molar-refractivity contribution in [3.63, 3.8) is 0 Å². The number of aryl methyl sites for hydroxylation is 2. The summed E-state index contributed by atoms with van der Waals surface area (Å²) in [5, 5.41) is 0.737. The summed E-state index contributed by atoms with van der Waals surface area (Å²) in [6.07, 6.45) is 0. The topological polar surface area (TPSA) is 35.5 Å². The van der Waals surface area contributed by atoms with Crippen LogP contribution >= 0.6 is 11.6 Å². The maximum absolute atomic E-state index is 11.5. The first-order valence-electron chi connectivity index (χ1n) is 6.14. The van der Waals surface area contributed by atoms with Gasteiger partial charge in [-0.15, -0.1) is 0 Å². The minimum Gasteiger partial charge on any atom is -0.465 e. The summed E-state index contributed by atoms with van der Waals surface area (Å²) in [6, 6.07) is 10.6. The van der Waals surface area contributed by atoms with Crippen LogP contribution in [0.4, 0.5) is 0 Å². The molecule has 20 heavy (non-hydrogen) atoms. The van der Waals surface area contributed by atoms with Gasteiger partial charge in [-0.3, -0.25) is 0 Å². The average Bonchev–Trinajstić information content (AvgIpc) is 2.44. The molecule has 0 aliphatic rings. The Bertz CT molecular complexity index is 627. The van der Waals surface area contributed by atoms with Gasteiger partial charge in [0.05, 0.1) is 12.7 Å². The molecule has 0 aliphatic heterocycles. The molecule has 0 bridgehead atoms. The summed E-state index contributed by atoms with van der Waals surface area (Å²) in [6.45, 7) is 3.85. The van der Waals surface area contributed by atoms with Crippen molar-refractivity contribution in [1.29, 1.82) is 0 Å². The number of carbonyl (C=O) groups is 1. The molecule has 0 unspecified atom stereocenters. The van der Waals surface area contributed by atoms with Gasteiger partial charge in [0.25, 0.3) is 0 Å². The fourth-order valence-corrected chi connectivity index (χ4v) is 2.01. The van der Waals surface area contributed by atoms with Gasteiger partial charge in [-0.05, 0) is 55.3 Å². The van der Waals surface area contributed by atoms with Crippen molar-refractivity contribution in [2.75, 3.05) is 7.11 Å². The van der Waals surface area contributed by atoms with E-state index in [4.69, 9.17) is 16.3 Å². The monoisotopic (exact) mass is 290 g/mol. The highest BCUT2D eigenvalue weighted by molar-refractivity contribution is 6.32. The number of benzene rings is 2. The van der Waals surface area contributed by atoms with Gasteiger partial charge in [0, 0.05) is 5.02 Å². The predicted octanol–water partition coefficient (Wildman–Crippen LogP) is 4.54. The van der Waals surface area contributed by atoms with Gasteiger partial charge < -0.3 is 9.47 Å². The maximum atomic E-state index is 11.5. The summed E-state index contributed by atoms with van der Waals surface area (Å²) >= 11 is 6.12. The third-order valence-electron chi connectivity index (χ3n) is 2.90. The summed E-state index contributed by atoms with van der Waals surface area (Å²) < 4.78 is 10.4. The molecule has 0 saturated carbocycles. The van der Waals surface area contributed by atoms with Gasteiger partial charge in [0.15, 0.2) is 0 Å². The summed E-state index contributed by atoms with van der Waals surface area (Å²) in [7, 11) is 1.35. The number of ether oxygens (including phenoxy) is 2. The molecule has 0 aliphatic carbocycles. The maximum Gasteiger partial charge on any atom is 0.337 e. The van der Waals surface area contributed by atoms with E-state index in [2.05, 4.69) is 4.74 Å². The van der Waals surface area contributed by atoms with Crippen molar-refractivity contribution in [2.45, 2.75) is 13.8 Å². The Balaban J connectivity index is 2.28. The van der Waals surface area contributed by atoms with Gasteiger partial charge >= 0.3 is 5.97 Å². The molecule has 3 nitrogen and oxygen atoms in total. The number of halogens is 1. The lowest BCUT2D eigenvalue weighted by Gasteiger charge is -2.10. The van der Waals surface area contributed by atoms with Gasteiger partial charge in [0.1, 0.15) is 11.5 Å². The second-order valence-electron chi connectivity index (χ2n) is 4.49. The van der Waals surface area contributed by atoms with Crippen LogP contribution in [0, 0.1) is 13.8 Å². The standard InChI is InChI=1S/C16H15ClO3/c1-10-7-14(8-11(2)15(10)17)20-13-6-4-5-12(9-13)16(18)19-3/h4-9H,1-3H3. The van der Waals surface area contributed by atoms with E-state index in [1.807, 2.05) is 26.0 Å². The van der Waals surface area contributed by atoms with Gasteiger partial charge in [-0.2, -0.15) is 0 Å². The fourth-order valence-electron chi connectivity index (χ4n) is 1.91. The molecule has 0 saturated heterocycles. The van der Waals surface area contributed by atoms with Crippen LogP contribution in [0.25, 0.3) is 0 Å². The molecule has 104 valence electrons. The molecule has 0 radical (unpaired) electrons. The SMILES string of the molecule is COC(=O)c1cccc(Oc2cc(C)c(Cl)c(C)c2)c1. The van der Waals surface area contributed by atoms with Crippen LogP contribution in [-0.2, 0) is 4.74 Å². The Kier molecular flexibility index (Phi) is 4.30. The Morgan fingerprint density at radius 1 is 1.05 bits per heavy atom. The van der Waals surface area contributed by atoms with Crippen molar-refractivity contribution >= 4 is 17.6 Å². The largest absolute Gasteiger partial charge is 0.465 e. The van der Waals surface area contributed by atoms with Crippen molar-refractivity contribution in [3.05, 3.63) is 58.1 Å². The van der Waals surface area contributed by atoms with Crippen LogP contribution in [0.2, 0.25) is 5.02 Å². The van der Waals surface area contributed by atoms with Crippen molar-refractivity contribution in [1.82, 2.24) is 0 Å². The highest BCUT2D eigenvalue weighted by Gasteiger charge is 2.08. The molecule has 0 atom stereocenters. The molecule has 0 spiro atoms. The number of esters is 1. The average molecular weight is 291 g/mol. The molecule has 2 aromatic carbocycles. The van der Waals surface area contributed by atoms with E-state index < -0.39 is 0 Å². The van der Waals surface area contributed by atoms with Crippen LogP contribution in [0.15, 0.2) is 36.4 Å². The molecule has 0 fully saturated rings. The molecule has 2 aromatic rings. The Morgan fingerprint density at radius 3 is 2.30 bits per heavy atom. The minimum atomic E-state index is -0.390. The highest BCUT2D eigenvalue weighted by Crippen LogP contribution is 2.29. The van der Waals surface area contributed by atoms with Crippen LogP contribution < -0.4 is 4.74 Å². The Morgan fingerprint density at radius 2 is 1.70 bits per heavy atom. The zero-order valence-electron chi connectivity index (χ0n) is 11.6. The lowest BCUT2D eigenvalue weighted by molar-refractivity contribution is 0.0600. The van der Waals surface area contributed by atoms with Crippen LogP contribution in [0.3, 0.4) is 0 Å². The van der Waals surface area contributed by atoms with E-state index >= 15 is 0 Å². The quantitative estimate of drug-likeness (QED) is 0.779. The van der Waals surface area contributed by atoms with Crippen LogP contribution in [0.1, 0.15) is 21.5 Å².